The summed E-state index contributed by atoms with van der Waals surface area (Å²) in [7, 11) is 1.28. The van der Waals surface area contributed by atoms with Crippen LogP contribution < -0.4 is 5.32 Å². The molecule has 0 unspecified atom stereocenters. The highest BCUT2D eigenvalue weighted by Gasteiger charge is 2.26. The third-order valence-corrected chi connectivity index (χ3v) is 3.32. The van der Waals surface area contributed by atoms with Crippen LogP contribution in [0, 0.1) is 0 Å². The lowest BCUT2D eigenvalue weighted by atomic mass is 10.3. The van der Waals surface area contributed by atoms with E-state index in [0.717, 1.165) is 12.8 Å². The van der Waals surface area contributed by atoms with Crippen molar-refractivity contribution in [2.45, 2.75) is 25.8 Å². The number of esters is 1. The van der Waals surface area contributed by atoms with E-state index in [-0.39, 0.29) is 11.5 Å². The molecule has 16 heavy (non-hydrogen) atoms. The molecular formula is C10H12N2O3S. The molecule has 0 spiro atoms. The summed E-state index contributed by atoms with van der Waals surface area (Å²) < 4.78 is 4.59. The summed E-state index contributed by atoms with van der Waals surface area (Å²) in [5.74, 6) is -0.730. The van der Waals surface area contributed by atoms with Gasteiger partial charge in [0.25, 0.3) is 0 Å². The molecule has 1 heterocycles. The van der Waals surface area contributed by atoms with E-state index in [9.17, 15) is 9.59 Å². The average molecular weight is 240 g/mol. The Morgan fingerprint density at radius 2 is 2.19 bits per heavy atom. The zero-order chi connectivity index (χ0) is 11.7. The van der Waals surface area contributed by atoms with Crippen molar-refractivity contribution in [3.05, 3.63) is 10.6 Å². The van der Waals surface area contributed by atoms with Crippen LogP contribution in [-0.2, 0) is 4.74 Å². The van der Waals surface area contributed by atoms with Gasteiger partial charge in [0, 0.05) is 13.0 Å². The second-order valence-electron chi connectivity index (χ2n) is 3.66. The van der Waals surface area contributed by atoms with E-state index in [1.54, 1.807) is 0 Å². The molecule has 0 bridgehead atoms. The fourth-order valence-corrected chi connectivity index (χ4v) is 2.18. The Kier molecular flexibility index (Phi) is 2.91. The van der Waals surface area contributed by atoms with E-state index in [4.69, 9.17) is 0 Å². The highest BCUT2D eigenvalue weighted by Crippen LogP contribution is 2.29. The Bertz CT molecular complexity index is 437. The Morgan fingerprint density at radius 3 is 2.69 bits per heavy atom. The highest BCUT2D eigenvalue weighted by atomic mass is 32.1. The molecule has 86 valence electrons. The van der Waals surface area contributed by atoms with Gasteiger partial charge in [0.1, 0.15) is 4.88 Å². The first kappa shape index (κ1) is 11.1. The summed E-state index contributed by atoms with van der Waals surface area (Å²) in [5, 5.41) is 3.78. The normalized spacial score (nSPS) is 14.6. The number of hydrogen-bond acceptors (Lipinski definition) is 6. The molecule has 0 saturated heterocycles. The number of nitrogens with one attached hydrogen (secondary N) is 1. The van der Waals surface area contributed by atoms with Crippen LogP contribution in [-0.4, -0.2) is 29.9 Å². The van der Waals surface area contributed by atoms with Gasteiger partial charge in [-0.05, 0) is 12.8 Å². The first-order valence-electron chi connectivity index (χ1n) is 4.98. The number of ether oxygens (including phenoxy) is 1. The molecule has 6 heteroatoms. The van der Waals surface area contributed by atoms with Crippen molar-refractivity contribution in [3.63, 3.8) is 0 Å². The Labute approximate surface area is 96.8 Å². The van der Waals surface area contributed by atoms with Gasteiger partial charge in [-0.3, -0.25) is 4.79 Å². The quantitative estimate of drug-likeness (QED) is 0.641. The molecular weight excluding hydrogens is 228 g/mol. The van der Waals surface area contributed by atoms with Gasteiger partial charge in [-0.25, -0.2) is 9.78 Å². The lowest BCUT2D eigenvalue weighted by Crippen LogP contribution is -2.07. The molecule has 1 aromatic rings. The van der Waals surface area contributed by atoms with Gasteiger partial charge in [0.2, 0.25) is 0 Å². The third kappa shape index (κ3) is 2.21. The molecule has 1 aromatic heterocycles. The molecule has 0 atom stereocenters. The van der Waals surface area contributed by atoms with Crippen LogP contribution in [0.2, 0.25) is 0 Å². The molecule has 1 aliphatic rings. The molecule has 0 amide bonds. The maximum Gasteiger partial charge on any atom is 0.358 e. The van der Waals surface area contributed by atoms with Crippen molar-refractivity contribution in [1.82, 2.24) is 4.98 Å². The Hall–Kier alpha value is -1.43. The van der Waals surface area contributed by atoms with E-state index in [1.165, 1.54) is 25.4 Å². The molecule has 0 radical (unpaired) electrons. The Balaban J connectivity index is 2.28. The van der Waals surface area contributed by atoms with Gasteiger partial charge >= 0.3 is 5.97 Å². The van der Waals surface area contributed by atoms with Crippen LogP contribution >= 0.6 is 11.3 Å². The van der Waals surface area contributed by atoms with E-state index >= 15 is 0 Å². The van der Waals surface area contributed by atoms with Crippen LogP contribution in [0.1, 0.15) is 39.9 Å². The first-order valence-corrected chi connectivity index (χ1v) is 5.80. The van der Waals surface area contributed by atoms with Crippen molar-refractivity contribution in [1.29, 1.82) is 0 Å². The number of methoxy groups -OCH3 is 1. The molecule has 0 aliphatic heterocycles. The smallest absolute Gasteiger partial charge is 0.358 e. The number of carbonyl (C=O) groups is 2. The largest absolute Gasteiger partial charge is 0.464 e. The number of ketones is 1. The number of thiazole rings is 1. The first-order chi connectivity index (χ1) is 7.61. The summed E-state index contributed by atoms with van der Waals surface area (Å²) in [6, 6.07) is 0.441. The number of hydrogen-bond donors (Lipinski definition) is 1. The minimum absolute atomic E-state index is 0.114. The second-order valence-corrected chi connectivity index (χ2v) is 4.66. The van der Waals surface area contributed by atoms with Crippen molar-refractivity contribution >= 4 is 28.2 Å². The van der Waals surface area contributed by atoms with Crippen LogP contribution in [0.15, 0.2) is 0 Å². The van der Waals surface area contributed by atoms with Crippen molar-refractivity contribution in [3.8, 4) is 0 Å². The minimum atomic E-state index is -0.565. The molecule has 1 fully saturated rings. The summed E-state index contributed by atoms with van der Waals surface area (Å²) >= 11 is 1.21. The van der Waals surface area contributed by atoms with Crippen molar-refractivity contribution in [2.24, 2.45) is 0 Å². The molecule has 1 aliphatic carbocycles. The predicted octanol–water partition coefficient (Wildman–Crippen LogP) is 1.71. The molecule has 1 N–H and O–H groups in total. The van der Waals surface area contributed by atoms with E-state index in [1.807, 2.05) is 0 Å². The van der Waals surface area contributed by atoms with Gasteiger partial charge in [0.15, 0.2) is 16.6 Å². The summed E-state index contributed by atoms with van der Waals surface area (Å²) in [5.41, 5.74) is 0.114. The second kappa shape index (κ2) is 4.21. The zero-order valence-corrected chi connectivity index (χ0v) is 9.89. The number of Topliss-reactive ketones (excluding diaryl/α,β-unsaturated/α-hetero) is 1. The highest BCUT2D eigenvalue weighted by molar-refractivity contribution is 7.17. The lowest BCUT2D eigenvalue weighted by Gasteiger charge is -1.96. The number of carbonyl (C=O) groups excluding carboxylic acids is 2. The maximum absolute atomic E-state index is 11.4. The van der Waals surface area contributed by atoms with Gasteiger partial charge in [-0.1, -0.05) is 11.3 Å². The summed E-state index contributed by atoms with van der Waals surface area (Å²) in [6.45, 7) is 1.42. The van der Waals surface area contributed by atoms with Crippen LogP contribution in [0.25, 0.3) is 0 Å². The van der Waals surface area contributed by atoms with E-state index in [2.05, 4.69) is 15.0 Å². The van der Waals surface area contributed by atoms with Gasteiger partial charge < -0.3 is 10.1 Å². The zero-order valence-electron chi connectivity index (χ0n) is 9.07. The predicted molar refractivity (Wildman–Crippen MR) is 60.1 cm³/mol. The van der Waals surface area contributed by atoms with Gasteiger partial charge in [-0.2, -0.15) is 0 Å². The Morgan fingerprint density at radius 1 is 1.50 bits per heavy atom. The van der Waals surface area contributed by atoms with Crippen LogP contribution in [0.5, 0.6) is 0 Å². The van der Waals surface area contributed by atoms with Crippen LogP contribution in [0.4, 0.5) is 5.13 Å². The molecule has 2 rings (SSSR count). The number of rotatable bonds is 4. The SMILES string of the molecule is COC(=O)c1nc(NC2CC2)sc1C(C)=O. The number of nitrogens with zero attached hydrogens (tertiary/aromatic N) is 1. The number of aromatic nitrogens is 1. The lowest BCUT2D eigenvalue weighted by molar-refractivity contribution is 0.0591. The maximum atomic E-state index is 11.4. The molecule has 0 aromatic carbocycles. The van der Waals surface area contributed by atoms with Crippen molar-refractivity contribution in [2.75, 3.05) is 12.4 Å². The molecule has 1 saturated carbocycles. The number of anilines is 1. The summed E-state index contributed by atoms with van der Waals surface area (Å²) in [6.07, 6.45) is 2.23. The van der Waals surface area contributed by atoms with E-state index < -0.39 is 5.97 Å². The fraction of sp³-hybridized carbons (Fsp3) is 0.500. The molecule has 5 nitrogen and oxygen atoms in total. The fourth-order valence-electron chi connectivity index (χ4n) is 1.26. The van der Waals surface area contributed by atoms with Crippen LogP contribution in [0.3, 0.4) is 0 Å². The van der Waals surface area contributed by atoms with E-state index in [0.29, 0.717) is 16.1 Å². The minimum Gasteiger partial charge on any atom is -0.464 e. The summed E-state index contributed by atoms with van der Waals surface area (Å²) in [4.78, 5) is 27.2. The van der Waals surface area contributed by atoms with Crippen molar-refractivity contribution < 1.29 is 14.3 Å². The monoisotopic (exact) mass is 240 g/mol. The average Bonchev–Trinajstić information content (AvgIpc) is 2.94. The third-order valence-electron chi connectivity index (χ3n) is 2.23. The van der Waals surface area contributed by atoms with Gasteiger partial charge in [-0.15, -0.1) is 0 Å². The topological polar surface area (TPSA) is 68.3 Å². The standard InChI is InChI=1S/C10H12N2O3S/c1-5(13)8-7(9(14)15-2)12-10(16-8)11-6-3-4-6/h6H,3-4H2,1-2H3,(H,11,12). The van der Waals surface area contributed by atoms with Gasteiger partial charge in [0.05, 0.1) is 7.11 Å².